The molecule has 21 nitrogen and oxygen atoms in total. The van der Waals surface area contributed by atoms with Crippen LogP contribution in [0.5, 0.6) is 0 Å². The molecule has 0 saturated carbocycles. The van der Waals surface area contributed by atoms with E-state index in [2.05, 4.69) is 12.2 Å². The van der Waals surface area contributed by atoms with Gasteiger partial charge in [-0.25, -0.2) is 4.39 Å². The van der Waals surface area contributed by atoms with E-state index < -0.39 is 148 Å². The highest BCUT2D eigenvalue weighted by atomic mass is 19.1. The molecule has 446 valence electrons. The van der Waals surface area contributed by atoms with Crippen molar-refractivity contribution in [1.29, 1.82) is 0 Å². The van der Waals surface area contributed by atoms with Crippen LogP contribution in [0.15, 0.2) is 91.0 Å². The van der Waals surface area contributed by atoms with Gasteiger partial charge in [0.15, 0.2) is 49.4 Å². The number of ether oxygens (including phenoxy) is 14. The van der Waals surface area contributed by atoms with Crippen LogP contribution >= 0.6 is 0 Å². The number of amides is 1. The van der Waals surface area contributed by atoms with E-state index in [0.29, 0.717) is 13.0 Å². The number of rotatable bonds is 30. The molecular weight excluding hydrogens is 1060 g/mol. The van der Waals surface area contributed by atoms with E-state index in [4.69, 9.17) is 66.3 Å². The van der Waals surface area contributed by atoms with E-state index in [0.717, 1.165) is 90.3 Å². The molecule has 1 N–H and O–H groups in total. The first-order chi connectivity index (χ1) is 39.0. The van der Waals surface area contributed by atoms with Gasteiger partial charge in [0, 0.05) is 48.1 Å². The summed E-state index contributed by atoms with van der Waals surface area (Å²) in [4.78, 5) is 76.5. The molecule has 0 aliphatic carbocycles. The van der Waals surface area contributed by atoms with Crippen LogP contribution in [0.1, 0.15) is 104 Å². The standard InChI is InChI=1S/C59H78FNO20/c1-8-9-10-11-12-22-29-68-58-55(72-33-44-27-20-15-21-28-44)53(71-32-43-25-18-14-19-26-43)49(70-31-42-23-16-13-17-24-42)46(80-58)35-73-59-56(54(77-41(7)67)50(74-38(4)64)45(30-60)78-59)81-57-48(61-36(2)62)52(76-40(6)66)51(75-39(5)65)47(79-57)34-69-37(3)63/h13-21,23-28,45-59H,8-12,22,29-35H2,1-7H3,(H,61,62)/t45-,46-,47-,48-,49-,50-,51-,52-,53+,54+,55-,56+,57+,58-,59+/m1/s1. The Bertz CT molecular complexity index is 2410. The zero-order valence-corrected chi connectivity index (χ0v) is 47.1. The monoisotopic (exact) mass is 1140 g/mol. The molecule has 6 rings (SSSR count). The van der Waals surface area contributed by atoms with Gasteiger partial charge in [-0.15, -0.1) is 0 Å². The summed E-state index contributed by atoms with van der Waals surface area (Å²) in [5.74, 6) is -5.04. The fourth-order valence-corrected chi connectivity index (χ4v) is 9.79. The lowest BCUT2D eigenvalue weighted by atomic mass is 9.94. The summed E-state index contributed by atoms with van der Waals surface area (Å²) in [6.07, 6.45) is -14.2. The second-order valence-electron chi connectivity index (χ2n) is 20.0. The maximum atomic E-state index is 15.4. The predicted octanol–water partition coefficient (Wildman–Crippen LogP) is 6.46. The van der Waals surface area contributed by atoms with Crippen molar-refractivity contribution in [3.05, 3.63) is 108 Å². The normalized spacial score (nSPS) is 28.2. The summed E-state index contributed by atoms with van der Waals surface area (Å²) < 4.78 is 104. The van der Waals surface area contributed by atoms with Gasteiger partial charge in [0.2, 0.25) is 5.91 Å². The lowest BCUT2D eigenvalue weighted by molar-refractivity contribution is -0.366. The minimum Gasteiger partial charge on any atom is -0.463 e. The molecule has 3 aliphatic heterocycles. The lowest BCUT2D eigenvalue weighted by Crippen LogP contribution is -2.69. The van der Waals surface area contributed by atoms with Crippen molar-refractivity contribution in [3.8, 4) is 0 Å². The molecule has 3 aliphatic rings. The van der Waals surface area contributed by atoms with Crippen molar-refractivity contribution in [1.82, 2.24) is 5.32 Å². The smallest absolute Gasteiger partial charge is 0.303 e. The second kappa shape index (κ2) is 33.2. The predicted molar refractivity (Wildman–Crippen MR) is 284 cm³/mol. The third-order valence-electron chi connectivity index (χ3n) is 13.4. The fourth-order valence-electron chi connectivity index (χ4n) is 9.79. The Hall–Kier alpha value is -5.95. The number of alkyl halides is 1. The van der Waals surface area contributed by atoms with Gasteiger partial charge < -0.3 is 71.6 Å². The molecule has 0 radical (unpaired) electrons. The first kappa shape index (κ1) is 64.2. The first-order valence-corrected chi connectivity index (χ1v) is 27.5. The Morgan fingerprint density at radius 3 is 1.41 bits per heavy atom. The Balaban J connectivity index is 1.44. The molecule has 22 heteroatoms. The van der Waals surface area contributed by atoms with Crippen LogP contribution in [-0.4, -0.2) is 154 Å². The molecule has 15 atom stereocenters. The highest BCUT2D eigenvalue weighted by molar-refractivity contribution is 5.74. The summed E-state index contributed by atoms with van der Waals surface area (Å²) in [7, 11) is 0. The van der Waals surface area contributed by atoms with Crippen molar-refractivity contribution in [2.24, 2.45) is 0 Å². The Kier molecular flexibility index (Phi) is 26.3. The van der Waals surface area contributed by atoms with E-state index in [1.165, 1.54) is 0 Å². The number of hydrogen-bond donors (Lipinski definition) is 1. The number of benzene rings is 3. The average Bonchev–Trinajstić information content (AvgIpc) is 3.61. The molecule has 81 heavy (non-hydrogen) atoms. The van der Waals surface area contributed by atoms with Crippen LogP contribution in [0.4, 0.5) is 4.39 Å². The molecule has 0 unspecified atom stereocenters. The third kappa shape index (κ3) is 20.2. The number of halogens is 1. The SMILES string of the molecule is CCCCCCCCO[C@@H]1O[C@H](CO[C@H]2O[C@H](CF)[C@@H](OC(C)=O)[C@H](OC(C)=O)[C@@H]2O[C@@H]2O[C@H](COC(C)=O)[C@@H](OC(C)=O)[C@H](OC(C)=O)[C@H]2NC(C)=O)[C@@H](OCc2ccccc2)[C@H](OCc2ccccc2)[C@H]1OCc1ccccc1. The van der Waals surface area contributed by atoms with Gasteiger partial charge in [0.05, 0.1) is 26.4 Å². The summed E-state index contributed by atoms with van der Waals surface area (Å²) in [6.45, 7) is 6.96. The molecule has 3 aromatic carbocycles. The molecule has 1 amide bonds. The van der Waals surface area contributed by atoms with Crippen LogP contribution < -0.4 is 5.32 Å². The molecule has 3 saturated heterocycles. The third-order valence-corrected chi connectivity index (χ3v) is 13.4. The average molecular weight is 1140 g/mol. The topological polar surface area (TPSA) is 244 Å². The zero-order chi connectivity index (χ0) is 58.3. The van der Waals surface area contributed by atoms with Gasteiger partial charge in [-0.2, -0.15) is 0 Å². The minimum atomic E-state index is -1.81. The Morgan fingerprint density at radius 2 is 0.889 bits per heavy atom. The van der Waals surface area contributed by atoms with Crippen molar-refractivity contribution in [3.63, 3.8) is 0 Å². The number of carbonyl (C=O) groups is 6. The van der Waals surface area contributed by atoms with Crippen LogP contribution in [0, 0.1) is 0 Å². The Morgan fingerprint density at radius 1 is 0.444 bits per heavy atom. The summed E-state index contributed by atoms with van der Waals surface area (Å²) >= 11 is 0. The molecule has 0 aromatic heterocycles. The van der Waals surface area contributed by atoms with Crippen LogP contribution in [0.3, 0.4) is 0 Å². The van der Waals surface area contributed by atoms with E-state index in [-0.39, 0.29) is 19.8 Å². The molecule has 3 aromatic rings. The van der Waals surface area contributed by atoms with Gasteiger partial charge in [-0.3, -0.25) is 28.8 Å². The highest BCUT2D eigenvalue weighted by Gasteiger charge is 2.58. The summed E-state index contributed by atoms with van der Waals surface area (Å²) in [6, 6.07) is 27.0. The maximum Gasteiger partial charge on any atom is 0.303 e. The van der Waals surface area contributed by atoms with E-state index in [1.54, 1.807) is 0 Å². The molecule has 3 fully saturated rings. The number of esters is 5. The van der Waals surface area contributed by atoms with Crippen LogP contribution in [0.25, 0.3) is 0 Å². The quantitative estimate of drug-likeness (QED) is 0.0428. The number of carbonyl (C=O) groups excluding carboxylic acids is 6. The second-order valence-corrected chi connectivity index (χ2v) is 20.0. The summed E-state index contributed by atoms with van der Waals surface area (Å²) in [5, 5.41) is 2.63. The van der Waals surface area contributed by atoms with E-state index >= 15 is 4.39 Å². The van der Waals surface area contributed by atoms with E-state index in [9.17, 15) is 28.8 Å². The van der Waals surface area contributed by atoms with Crippen LogP contribution in [0.2, 0.25) is 0 Å². The molecule has 0 spiro atoms. The maximum absolute atomic E-state index is 15.4. The number of nitrogens with one attached hydrogen (secondary N) is 1. The summed E-state index contributed by atoms with van der Waals surface area (Å²) in [5.41, 5.74) is 2.54. The molecule has 3 heterocycles. The molecular formula is C59H78FNO20. The van der Waals surface area contributed by atoms with Crippen LogP contribution in [-0.2, 0) is 115 Å². The first-order valence-electron chi connectivity index (χ1n) is 27.5. The van der Waals surface area contributed by atoms with Gasteiger partial charge in [-0.05, 0) is 23.1 Å². The lowest BCUT2D eigenvalue weighted by Gasteiger charge is -2.49. The van der Waals surface area contributed by atoms with Gasteiger partial charge in [0.25, 0.3) is 0 Å². The van der Waals surface area contributed by atoms with Gasteiger partial charge in [0.1, 0.15) is 55.9 Å². The Labute approximate surface area is 472 Å². The van der Waals surface area contributed by atoms with Crippen molar-refractivity contribution in [2.75, 3.05) is 26.5 Å². The van der Waals surface area contributed by atoms with Crippen molar-refractivity contribution < 1.29 is 99.5 Å². The highest BCUT2D eigenvalue weighted by Crippen LogP contribution is 2.37. The van der Waals surface area contributed by atoms with Gasteiger partial charge >= 0.3 is 29.8 Å². The largest absolute Gasteiger partial charge is 0.463 e. The number of hydrogen-bond acceptors (Lipinski definition) is 20. The number of unbranched alkanes of at least 4 members (excludes halogenated alkanes) is 5. The van der Waals surface area contributed by atoms with Crippen molar-refractivity contribution in [2.45, 2.75) is 199 Å². The zero-order valence-electron chi connectivity index (χ0n) is 47.1. The minimum absolute atomic E-state index is 0.0648. The fraction of sp³-hybridized carbons (Fsp3) is 0.593. The molecule has 0 bridgehead atoms. The van der Waals surface area contributed by atoms with Gasteiger partial charge in [-0.1, -0.05) is 130 Å². The van der Waals surface area contributed by atoms with E-state index in [1.807, 2.05) is 91.0 Å². The van der Waals surface area contributed by atoms with Crippen molar-refractivity contribution >= 4 is 35.8 Å².